The van der Waals surface area contributed by atoms with Gasteiger partial charge in [0.25, 0.3) is 0 Å². The van der Waals surface area contributed by atoms with E-state index in [9.17, 15) is 21.2 Å². The molecule has 0 radical (unpaired) electrons. The van der Waals surface area contributed by atoms with E-state index >= 15 is 0 Å². The number of nitrogens with one attached hydrogen (secondary N) is 1. The molecule has 1 N–H and O–H groups in total. The smallest absolute Gasteiger partial charge is 0.212 e. The van der Waals surface area contributed by atoms with Gasteiger partial charge in [0, 0.05) is 18.1 Å². The highest BCUT2D eigenvalue weighted by Gasteiger charge is 2.45. The fraction of sp³-hybridized carbons (Fsp3) is 0.600. The quantitative estimate of drug-likeness (QED) is 0.837. The van der Waals surface area contributed by atoms with Gasteiger partial charge in [0.15, 0.2) is 0 Å². The molecular weight excluding hydrogens is 355 g/mol. The standard InChI is InChI=1S/C15H21FN2O4S2/c1-23(19,20)18-14-6-7-15(18)9-13(8-14)17-24(21,22)10-11-2-4-12(16)5-3-11/h2-5,13-15,17H,6-10H2,1H3. The maximum atomic E-state index is 12.9. The number of nitrogens with zero attached hydrogens (tertiary/aromatic N) is 1. The van der Waals surface area contributed by atoms with Gasteiger partial charge in [-0.15, -0.1) is 0 Å². The summed E-state index contributed by atoms with van der Waals surface area (Å²) in [6.07, 6.45) is 3.73. The largest absolute Gasteiger partial charge is 0.216 e. The second-order valence-electron chi connectivity index (χ2n) is 6.65. The Labute approximate surface area is 142 Å². The number of sulfonamides is 2. The average Bonchev–Trinajstić information content (AvgIpc) is 2.73. The van der Waals surface area contributed by atoms with Crippen molar-refractivity contribution in [2.45, 2.75) is 49.6 Å². The van der Waals surface area contributed by atoms with Crippen LogP contribution in [0.4, 0.5) is 4.39 Å². The lowest BCUT2D eigenvalue weighted by Crippen LogP contribution is -2.52. The molecule has 134 valence electrons. The van der Waals surface area contributed by atoms with E-state index in [2.05, 4.69) is 4.72 Å². The summed E-state index contributed by atoms with van der Waals surface area (Å²) in [7, 11) is -6.82. The molecular formula is C15H21FN2O4S2. The number of fused-ring (bicyclic) bond motifs is 2. The average molecular weight is 376 g/mol. The lowest BCUT2D eigenvalue weighted by molar-refractivity contribution is 0.221. The van der Waals surface area contributed by atoms with Gasteiger partial charge >= 0.3 is 0 Å². The lowest BCUT2D eigenvalue weighted by atomic mass is 10.0. The summed E-state index contributed by atoms with van der Waals surface area (Å²) >= 11 is 0. The molecule has 2 aliphatic rings. The molecule has 1 aromatic carbocycles. The maximum Gasteiger partial charge on any atom is 0.216 e. The molecule has 0 aromatic heterocycles. The molecule has 2 saturated heterocycles. The fourth-order valence-electron chi connectivity index (χ4n) is 3.87. The van der Waals surface area contributed by atoms with Crippen molar-refractivity contribution < 1.29 is 21.2 Å². The normalized spacial score (nSPS) is 28.2. The first-order valence-corrected chi connectivity index (χ1v) is 11.4. The Kier molecular flexibility index (Phi) is 4.71. The van der Waals surface area contributed by atoms with Gasteiger partial charge in [-0.25, -0.2) is 25.9 Å². The second-order valence-corrected chi connectivity index (χ2v) is 10.3. The predicted molar refractivity (Wildman–Crippen MR) is 88.7 cm³/mol. The number of hydrogen-bond acceptors (Lipinski definition) is 4. The zero-order valence-corrected chi connectivity index (χ0v) is 15.0. The van der Waals surface area contributed by atoms with Gasteiger partial charge in [-0.3, -0.25) is 0 Å². The summed E-state index contributed by atoms with van der Waals surface area (Å²) < 4.78 is 65.5. The van der Waals surface area contributed by atoms with Crippen molar-refractivity contribution in [1.29, 1.82) is 0 Å². The maximum absolute atomic E-state index is 12.9. The van der Waals surface area contributed by atoms with Crippen molar-refractivity contribution in [1.82, 2.24) is 9.03 Å². The van der Waals surface area contributed by atoms with Crippen molar-refractivity contribution in [2.24, 2.45) is 0 Å². The van der Waals surface area contributed by atoms with Crippen molar-refractivity contribution in [3.8, 4) is 0 Å². The molecule has 2 unspecified atom stereocenters. The zero-order valence-electron chi connectivity index (χ0n) is 13.4. The summed E-state index contributed by atoms with van der Waals surface area (Å²) in [5.74, 6) is -0.622. The molecule has 2 bridgehead atoms. The number of hydrogen-bond donors (Lipinski definition) is 1. The third kappa shape index (κ3) is 3.96. The first-order chi connectivity index (χ1) is 11.1. The monoisotopic (exact) mass is 376 g/mol. The summed E-state index contributed by atoms with van der Waals surface area (Å²) in [5.41, 5.74) is 0.514. The molecule has 0 aliphatic carbocycles. The van der Waals surface area contributed by atoms with Crippen LogP contribution in [-0.4, -0.2) is 45.5 Å². The molecule has 0 amide bonds. The van der Waals surface area contributed by atoms with Crippen LogP contribution >= 0.6 is 0 Å². The van der Waals surface area contributed by atoms with Crippen LogP contribution in [0.1, 0.15) is 31.2 Å². The van der Waals surface area contributed by atoms with Crippen molar-refractivity contribution in [2.75, 3.05) is 6.26 Å². The summed E-state index contributed by atoms with van der Waals surface area (Å²) in [4.78, 5) is 0. The Balaban J connectivity index is 1.66. The minimum atomic E-state index is -3.56. The summed E-state index contributed by atoms with van der Waals surface area (Å²) in [6.45, 7) is 0. The molecule has 9 heteroatoms. The molecule has 2 heterocycles. The van der Waals surface area contributed by atoms with Gasteiger partial charge in [-0.1, -0.05) is 12.1 Å². The van der Waals surface area contributed by atoms with E-state index < -0.39 is 25.9 Å². The van der Waals surface area contributed by atoms with E-state index in [1.165, 1.54) is 34.8 Å². The van der Waals surface area contributed by atoms with Crippen LogP contribution in [0, 0.1) is 5.82 Å². The summed E-state index contributed by atoms with van der Waals surface area (Å²) in [6, 6.07) is 4.85. The van der Waals surface area contributed by atoms with Crippen LogP contribution in [0.15, 0.2) is 24.3 Å². The number of piperidine rings is 1. The lowest BCUT2D eigenvalue weighted by Gasteiger charge is -2.37. The van der Waals surface area contributed by atoms with E-state index in [1.807, 2.05) is 0 Å². The van der Waals surface area contributed by atoms with Crippen molar-refractivity contribution in [3.05, 3.63) is 35.6 Å². The van der Waals surface area contributed by atoms with Crippen LogP contribution in [0.3, 0.4) is 0 Å². The second kappa shape index (κ2) is 6.36. The third-order valence-corrected chi connectivity index (χ3v) is 7.43. The van der Waals surface area contributed by atoms with Crippen LogP contribution in [-0.2, 0) is 25.8 Å². The third-order valence-electron chi connectivity index (χ3n) is 4.67. The van der Waals surface area contributed by atoms with E-state index in [0.29, 0.717) is 18.4 Å². The van der Waals surface area contributed by atoms with E-state index in [4.69, 9.17) is 0 Å². The number of halogens is 1. The number of rotatable bonds is 5. The first-order valence-electron chi connectivity index (χ1n) is 7.87. The Morgan fingerprint density at radius 2 is 1.62 bits per heavy atom. The molecule has 1 aromatic rings. The SMILES string of the molecule is CS(=O)(=O)N1C2CCC1CC(NS(=O)(=O)Cc1ccc(F)cc1)C2. The van der Waals surface area contributed by atoms with Crippen LogP contribution < -0.4 is 4.72 Å². The minimum absolute atomic E-state index is 0.128. The summed E-state index contributed by atoms with van der Waals surface area (Å²) in [5, 5.41) is 0. The molecule has 2 atom stereocenters. The highest BCUT2D eigenvalue weighted by Crippen LogP contribution is 2.37. The van der Waals surface area contributed by atoms with Crippen LogP contribution in [0.5, 0.6) is 0 Å². The molecule has 6 nitrogen and oxygen atoms in total. The van der Waals surface area contributed by atoms with Crippen molar-refractivity contribution >= 4 is 20.0 Å². The van der Waals surface area contributed by atoms with Gasteiger partial charge in [-0.05, 0) is 43.4 Å². The number of benzene rings is 1. The van der Waals surface area contributed by atoms with Crippen molar-refractivity contribution in [3.63, 3.8) is 0 Å². The molecule has 24 heavy (non-hydrogen) atoms. The van der Waals surface area contributed by atoms with Gasteiger partial charge in [0.1, 0.15) is 5.82 Å². The van der Waals surface area contributed by atoms with Gasteiger partial charge < -0.3 is 0 Å². The molecule has 0 saturated carbocycles. The predicted octanol–water partition coefficient (Wildman–Crippen LogP) is 1.20. The highest BCUT2D eigenvalue weighted by molar-refractivity contribution is 7.88. The Hall–Kier alpha value is -1.03. The Bertz CT molecular complexity index is 794. The van der Waals surface area contributed by atoms with E-state index in [0.717, 1.165) is 12.8 Å². The highest BCUT2D eigenvalue weighted by atomic mass is 32.2. The minimum Gasteiger partial charge on any atom is -0.212 e. The Morgan fingerprint density at radius 1 is 1.08 bits per heavy atom. The zero-order chi connectivity index (χ0) is 17.5. The molecule has 2 fully saturated rings. The molecule has 2 aliphatic heterocycles. The molecule has 0 spiro atoms. The first kappa shape index (κ1) is 17.8. The van der Waals surface area contributed by atoms with Gasteiger partial charge in [0.05, 0.1) is 12.0 Å². The van der Waals surface area contributed by atoms with E-state index in [1.54, 1.807) is 0 Å². The molecule has 3 rings (SSSR count). The van der Waals surface area contributed by atoms with Crippen LogP contribution in [0.25, 0.3) is 0 Å². The van der Waals surface area contributed by atoms with Gasteiger partial charge in [0.2, 0.25) is 20.0 Å². The Morgan fingerprint density at radius 3 is 2.12 bits per heavy atom. The van der Waals surface area contributed by atoms with Crippen LogP contribution in [0.2, 0.25) is 0 Å². The fourth-order valence-corrected chi connectivity index (χ4v) is 6.75. The van der Waals surface area contributed by atoms with E-state index in [-0.39, 0.29) is 23.9 Å². The topological polar surface area (TPSA) is 83.6 Å². The van der Waals surface area contributed by atoms with Gasteiger partial charge in [-0.2, -0.15) is 4.31 Å².